The summed E-state index contributed by atoms with van der Waals surface area (Å²) in [5.74, 6) is -0.406. The van der Waals surface area contributed by atoms with Gasteiger partial charge in [0.1, 0.15) is 25.9 Å². The standard InChI is InChI=1S/C26H50NO7P/c1-5-6-7-8-9-10-11-12-13-14-15-16-17-18-19-20-26(29)32-24-25(23-28)34-35(30,31)33-22-21-27(2,3)4/h9-10,12-13,25,28H,5-8,11,14-24H2,1-4H3/p+1/t25-/m0/s1. The molecule has 0 bridgehead atoms. The number of unbranched alkanes of at least 4 members (excludes halogenated alkanes) is 8. The van der Waals surface area contributed by atoms with E-state index in [1.807, 2.05) is 21.1 Å². The molecule has 0 aliphatic heterocycles. The molecular weight excluding hydrogens is 469 g/mol. The molecule has 0 aromatic heterocycles. The third kappa shape index (κ3) is 24.5. The second kappa shape index (κ2) is 21.1. The maximum absolute atomic E-state index is 12.0. The van der Waals surface area contributed by atoms with Gasteiger partial charge < -0.3 is 19.2 Å². The topological polar surface area (TPSA) is 102 Å². The number of allylic oxidation sites excluding steroid dienone is 4. The lowest BCUT2D eigenvalue weighted by atomic mass is 10.1. The molecule has 0 fully saturated rings. The SMILES string of the molecule is CCCCCC=CCC=CCCCCCCCC(=O)OC[C@H](CO)OP(=O)(O)OCC[N+](C)(C)C. The number of likely N-dealkylation sites (N-methyl/N-ethyl adjacent to an activating group) is 1. The number of phosphoric ester groups is 1. The third-order valence-corrected chi connectivity index (χ3v) is 6.34. The number of aliphatic hydroxyl groups excluding tert-OH is 1. The Morgan fingerprint density at radius 1 is 0.943 bits per heavy atom. The van der Waals surface area contributed by atoms with Crippen LogP contribution < -0.4 is 0 Å². The van der Waals surface area contributed by atoms with Gasteiger partial charge in [-0.25, -0.2) is 4.57 Å². The Balaban J connectivity index is 3.78. The number of ether oxygens (including phenoxy) is 1. The number of nitrogens with zero attached hydrogens (tertiary/aromatic N) is 1. The van der Waals surface area contributed by atoms with E-state index in [2.05, 4.69) is 31.2 Å². The minimum atomic E-state index is -4.33. The van der Waals surface area contributed by atoms with Gasteiger partial charge in [0.05, 0.1) is 27.7 Å². The van der Waals surface area contributed by atoms with Crippen LogP contribution in [0.3, 0.4) is 0 Å². The van der Waals surface area contributed by atoms with E-state index in [0.29, 0.717) is 11.0 Å². The molecule has 0 heterocycles. The monoisotopic (exact) mass is 520 g/mol. The maximum Gasteiger partial charge on any atom is 0.472 e. The first-order chi connectivity index (χ1) is 16.6. The lowest BCUT2D eigenvalue weighted by molar-refractivity contribution is -0.870. The molecule has 0 amide bonds. The molecule has 2 atom stereocenters. The van der Waals surface area contributed by atoms with Crippen LogP contribution in [0, 0.1) is 0 Å². The molecule has 0 aromatic carbocycles. The van der Waals surface area contributed by atoms with Gasteiger partial charge in [0.25, 0.3) is 0 Å². The van der Waals surface area contributed by atoms with Crippen LogP contribution in [0.4, 0.5) is 0 Å². The predicted octanol–water partition coefficient (Wildman–Crippen LogP) is 5.54. The second-order valence-electron chi connectivity index (χ2n) is 9.89. The molecule has 0 saturated carbocycles. The van der Waals surface area contributed by atoms with Crippen molar-refractivity contribution >= 4 is 13.8 Å². The quantitative estimate of drug-likeness (QED) is 0.0599. The lowest BCUT2D eigenvalue weighted by Gasteiger charge is -2.24. The maximum atomic E-state index is 12.0. The summed E-state index contributed by atoms with van der Waals surface area (Å²) >= 11 is 0. The van der Waals surface area contributed by atoms with Crippen LogP contribution in [0.1, 0.15) is 84.0 Å². The Morgan fingerprint density at radius 3 is 2.14 bits per heavy atom. The number of carbonyl (C=O) groups excluding carboxylic acids is 1. The van der Waals surface area contributed by atoms with E-state index in [9.17, 15) is 19.4 Å². The highest BCUT2D eigenvalue weighted by Gasteiger charge is 2.28. The number of aliphatic hydroxyl groups is 1. The van der Waals surface area contributed by atoms with Crippen LogP contribution in [0.5, 0.6) is 0 Å². The van der Waals surface area contributed by atoms with Crippen molar-refractivity contribution < 1.29 is 37.6 Å². The number of hydrogen-bond donors (Lipinski definition) is 2. The van der Waals surface area contributed by atoms with Crippen molar-refractivity contribution in [2.24, 2.45) is 0 Å². The molecule has 1 unspecified atom stereocenters. The zero-order valence-electron chi connectivity index (χ0n) is 22.5. The van der Waals surface area contributed by atoms with Gasteiger partial charge in [-0.05, 0) is 38.5 Å². The minimum Gasteiger partial charge on any atom is -0.463 e. The average Bonchev–Trinajstić information content (AvgIpc) is 2.78. The van der Waals surface area contributed by atoms with E-state index in [4.69, 9.17) is 13.8 Å². The van der Waals surface area contributed by atoms with Crippen molar-refractivity contribution in [3.63, 3.8) is 0 Å². The van der Waals surface area contributed by atoms with E-state index < -0.39 is 26.5 Å². The van der Waals surface area contributed by atoms with Crippen molar-refractivity contribution in [1.29, 1.82) is 0 Å². The summed E-state index contributed by atoms with van der Waals surface area (Å²) in [5.41, 5.74) is 0. The lowest BCUT2D eigenvalue weighted by Crippen LogP contribution is -2.37. The number of quaternary nitrogens is 1. The molecule has 8 nitrogen and oxygen atoms in total. The molecule has 35 heavy (non-hydrogen) atoms. The molecule has 9 heteroatoms. The summed E-state index contributed by atoms with van der Waals surface area (Å²) in [4.78, 5) is 21.7. The fourth-order valence-corrected chi connectivity index (χ4v) is 3.98. The summed E-state index contributed by atoms with van der Waals surface area (Å²) < 4.78 is 27.5. The van der Waals surface area contributed by atoms with Gasteiger partial charge >= 0.3 is 13.8 Å². The summed E-state index contributed by atoms with van der Waals surface area (Å²) in [6.07, 6.45) is 20.3. The highest BCUT2D eigenvalue weighted by atomic mass is 31.2. The molecule has 0 aromatic rings. The Hall–Kier alpha value is -1.02. The number of esters is 1. The molecule has 2 N–H and O–H groups in total. The van der Waals surface area contributed by atoms with Gasteiger partial charge in [-0.1, -0.05) is 63.3 Å². The van der Waals surface area contributed by atoms with Crippen LogP contribution >= 0.6 is 7.82 Å². The van der Waals surface area contributed by atoms with Crippen molar-refractivity contribution in [2.75, 3.05) is 47.5 Å². The van der Waals surface area contributed by atoms with Crippen molar-refractivity contribution in [3.05, 3.63) is 24.3 Å². The summed E-state index contributed by atoms with van der Waals surface area (Å²) in [7, 11) is 1.45. The van der Waals surface area contributed by atoms with Gasteiger partial charge in [-0.2, -0.15) is 0 Å². The zero-order valence-corrected chi connectivity index (χ0v) is 23.4. The van der Waals surface area contributed by atoms with Gasteiger partial charge in [0, 0.05) is 6.42 Å². The Kier molecular flexibility index (Phi) is 20.5. The molecule has 0 saturated heterocycles. The number of rotatable bonds is 23. The van der Waals surface area contributed by atoms with Crippen molar-refractivity contribution in [3.8, 4) is 0 Å². The second-order valence-corrected chi connectivity index (χ2v) is 11.3. The molecule has 0 rings (SSSR count). The Bertz CT molecular complexity index is 632. The Labute approximate surface area is 213 Å². The summed E-state index contributed by atoms with van der Waals surface area (Å²) in [6, 6.07) is 0. The van der Waals surface area contributed by atoms with Crippen LogP contribution in [-0.2, 0) is 23.1 Å². The first-order valence-corrected chi connectivity index (χ1v) is 14.6. The highest BCUT2D eigenvalue weighted by Crippen LogP contribution is 2.44. The normalized spacial score (nSPS) is 15.0. The molecule has 0 spiro atoms. The average molecular weight is 521 g/mol. The zero-order chi connectivity index (χ0) is 26.4. The van der Waals surface area contributed by atoms with Crippen LogP contribution in [0.15, 0.2) is 24.3 Å². The smallest absolute Gasteiger partial charge is 0.463 e. The number of phosphoric acid groups is 1. The molecule has 206 valence electrons. The van der Waals surface area contributed by atoms with Gasteiger partial charge in [-0.3, -0.25) is 13.8 Å². The van der Waals surface area contributed by atoms with Crippen molar-refractivity contribution in [1.82, 2.24) is 0 Å². The van der Waals surface area contributed by atoms with Crippen molar-refractivity contribution in [2.45, 2.75) is 90.1 Å². The molecule has 0 aliphatic carbocycles. The van der Waals surface area contributed by atoms with E-state index in [0.717, 1.165) is 44.9 Å². The number of carbonyl (C=O) groups is 1. The Morgan fingerprint density at radius 2 is 1.54 bits per heavy atom. The minimum absolute atomic E-state index is 0.0298. The number of hydrogen-bond acceptors (Lipinski definition) is 6. The van der Waals surface area contributed by atoms with Crippen LogP contribution in [0.25, 0.3) is 0 Å². The van der Waals surface area contributed by atoms with Crippen LogP contribution in [-0.4, -0.2) is 74.1 Å². The third-order valence-electron chi connectivity index (χ3n) is 5.26. The first-order valence-electron chi connectivity index (χ1n) is 13.1. The molecular formula is C26H51NO7P+. The van der Waals surface area contributed by atoms with Crippen LogP contribution in [0.2, 0.25) is 0 Å². The molecule has 0 aliphatic rings. The summed E-state index contributed by atoms with van der Waals surface area (Å²) in [6.45, 7) is 1.92. The van der Waals surface area contributed by atoms with Gasteiger partial charge in [0.15, 0.2) is 0 Å². The fourth-order valence-electron chi connectivity index (χ4n) is 3.10. The largest absolute Gasteiger partial charge is 0.472 e. The van der Waals surface area contributed by atoms with E-state index in [1.165, 1.54) is 25.7 Å². The fraction of sp³-hybridized carbons (Fsp3) is 0.808. The highest BCUT2D eigenvalue weighted by molar-refractivity contribution is 7.47. The summed E-state index contributed by atoms with van der Waals surface area (Å²) in [5, 5.41) is 9.36. The first kappa shape index (κ1) is 34.0. The van der Waals surface area contributed by atoms with E-state index in [-0.39, 0.29) is 19.6 Å². The molecule has 0 radical (unpaired) electrons. The van der Waals surface area contributed by atoms with Gasteiger partial charge in [0.2, 0.25) is 0 Å². The predicted molar refractivity (Wildman–Crippen MR) is 141 cm³/mol. The van der Waals surface area contributed by atoms with E-state index >= 15 is 0 Å². The van der Waals surface area contributed by atoms with E-state index in [1.54, 1.807) is 0 Å². The van der Waals surface area contributed by atoms with Gasteiger partial charge in [-0.15, -0.1) is 0 Å².